The van der Waals surface area contributed by atoms with Crippen molar-refractivity contribution in [2.24, 2.45) is 0 Å². The molecule has 8 aromatic rings. The summed E-state index contributed by atoms with van der Waals surface area (Å²) in [5, 5.41) is 5.21. The van der Waals surface area contributed by atoms with Crippen molar-refractivity contribution in [2.45, 2.75) is 0 Å². The minimum absolute atomic E-state index is 0.707. The molecule has 0 N–H and O–H groups in total. The van der Waals surface area contributed by atoms with Crippen LogP contribution in [-0.2, 0) is 0 Å². The third kappa shape index (κ3) is 4.03. The SMILES string of the molecule is C1=CN(c2cccc(-c3nc(-c4ccccc4)cc(-c4ccccc4)n3)c2)c2cccc3cc4sc5ccccc5c4c1c23. The van der Waals surface area contributed by atoms with Crippen LogP contribution in [0.1, 0.15) is 5.56 Å². The lowest BCUT2D eigenvalue weighted by atomic mass is 9.94. The highest BCUT2D eigenvalue weighted by atomic mass is 32.1. The van der Waals surface area contributed by atoms with Crippen LogP contribution in [0.25, 0.3) is 70.9 Å². The summed E-state index contributed by atoms with van der Waals surface area (Å²) in [5.41, 5.74) is 8.47. The quantitative estimate of drug-likeness (QED) is 0.208. The Hall–Kier alpha value is -5.58. The molecule has 44 heavy (non-hydrogen) atoms. The van der Waals surface area contributed by atoms with Crippen LogP contribution in [-0.4, -0.2) is 9.97 Å². The minimum atomic E-state index is 0.707. The Balaban J connectivity index is 1.19. The fourth-order valence-corrected chi connectivity index (χ4v) is 7.56. The molecule has 0 aliphatic carbocycles. The van der Waals surface area contributed by atoms with Crippen molar-refractivity contribution in [2.75, 3.05) is 4.90 Å². The first-order valence-corrected chi connectivity index (χ1v) is 15.6. The number of hydrogen-bond acceptors (Lipinski definition) is 4. The Morgan fingerprint density at radius 2 is 1.20 bits per heavy atom. The second-order valence-electron chi connectivity index (χ2n) is 11.1. The van der Waals surface area contributed by atoms with Crippen molar-refractivity contribution in [3.05, 3.63) is 151 Å². The van der Waals surface area contributed by atoms with Gasteiger partial charge in [-0.3, -0.25) is 0 Å². The molecule has 4 heteroatoms. The molecule has 3 heterocycles. The summed E-state index contributed by atoms with van der Waals surface area (Å²) in [4.78, 5) is 12.4. The zero-order chi connectivity index (χ0) is 29.0. The topological polar surface area (TPSA) is 29.0 Å². The number of nitrogens with zero attached hydrogens (tertiary/aromatic N) is 3. The van der Waals surface area contributed by atoms with Crippen molar-refractivity contribution in [1.82, 2.24) is 9.97 Å². The zero-order valence-electron chi connectivity index (χ0n) is 23.7. The van der Waals surface area contributed by atoms with Gasteiger partial charge in [0.05, 0.1) is 17.1 Å². The molecule has 9 rings (SSSR count). The average Bonchev–Trinajstić information content (AvgIpc) is 3.47. The number of fused-ring (bicyclic) bond motifs is 4. The van der Waals surface area contributed by atoms with Gasteiger partial charge in [-0.25, -0.2) is 9.97 Å². The number of benzene rings is 6. The van der Waals surface area contributed by atoms with Crippen LogP contribution in [0.3, 0.4) is 0 Å². The molecule has 3 nitrogen and oxygen atoms in total. The molecule has 0 radical (unpaired) electrons. The molecular formula is C40H25N3S. The van der Waals surface area contributed by atoms with E-state index in [1.807, 2.05) is 47.7 Å². The molecule has 0 amide bonds. The van der Waals surface area contributed by atoms with Gasteiger partial charge < -0.3 is 4.90 Å². The van der Waals surface area contributed by atoms with Crippen molar-refractivity contribution < 1.29 is 0 Å². The van der Waals surface area contributed by atoms with Gasteiger partial charge in [0.25, 0.3) is 0 Å². The Morgan fingerprint density at radius 3 is 1.98 bits per heavy atom. The van der Waals surface area contributed by atoms with E-state index in [4.69, 9.17) is 9.97 Å². The molecule has 0 atom stereocenters. The van der Waals surface area contributed by atoms with Crippen molar-refractivity contribution in [3.63, 3.8) is 0 Å². The molecule has 6 aromatic carbocycles. The molecule has 206 valence electrons. The number of hydrogen-bond donors (Lipinski definition) is 0. The molecule has 0 unspecified atom stereocenters. The normalized spacial score (nSPS) is 12.4. The second-order valence-corrected chi connectivity index (χ2v) is 12.2. The average molecular weight is 580 g/mol. The summed E-state index contributed by atoms with van der Waals surface area (Å²) in [5.74, 6) is 0.707. The lowest BCUT2D eigenvalue weighted by molar-refractivity contribution is 1.18. The molecule has 0 saturated heterocycles. The van der Waals surface area contributed by atoms with Crippen LogP contribution < -0.4 is 4.90 Å². The Kier molecular flexibility index (Phi) is 5.68. The van der Waals surface area contributed by atoms with E-state index >= 15 is 0 Å². The maximum absolute atomic E-state index is 5.07. The molecule has 1 aliphatic rings. The summed E-state index contributed by atoms with van der Waals surface area (Å²) < 4.78 is 2.65. The second kappa shape index (κ2) is 10.0. The van der Waals surface area contributed by atoms with Gasteiger partial charge in [-0.2, -0.15) is 0 Å². The van der Waals surface area contributed by atoms with Crippen molar-refractivity contribution in [1.29, 1.82) is 0 Å². The van der Waals surface area contributed by atoms with Gasteiger partial charge >= 0.3 is 0 Å². The fraction of sp³-hybridized carbons (Fsp3) is 0. The first kappa shape index (κ1) is 25.0. The van der Waals surface area contributed by atoms with Gasteiger partial charge in [0.2, 0.25) is 0 Å². The molecule has 0 saturated carbocycles. The first-order chi connectivity index (χ1) is 21.8. The summed E-state index contributed by atoms with van der Waals surface area (Å²) in [6.07, 6.45) is 4.49. The molecular weight excluding hydrogens is 555 g/mol. The summed E-state index contributed by atoms with van der Waals surface area (Å²) in [7, 11) is 0. The zero-order valence-corrected chi connectivity index (χ0v) is 24.5. The number of thiophene rings is 1. The van der Waals surface area contributed by atoms with Gasteiger partial charge in [-0.1, -0.05) is 103 Å². The van der Waals surface area contributed by atoms with E-state index in [0.29, 0.717) is 5.82 Å². The third-order valence-electron chi connectivity index (χ3n) is 8.42. The monoisotopic (exact) mass is 579 g/mol. The van der Waals surface area contributed by atoms with E-state index in [1.54, 1.807) is 0 Å². The highest BCUT2D eigenvalue weighted by molar-refractivity contribution is 7.26. The maximum Gasteiger partial charge on any atom is 0.160 e. The van der Waals surface area contributed by atoms with Crippen LogP contribution in [0, 0.1) is 0 Å². The van der Waals surface area contributed by atoms with E-state index in [-0.39, 0.29) is 0 Å². The molecule has 0 spiro atoms. The van der Waals surface area contributed by atoms with E-state index < -0.39 is 0 Å². The predicted octanol–water partition coefficient (Wildman–Crippen LogP) is 11.1. The maximum atomic E-state index is 5.07. The van der Waals surface area contributed by atoms with Gasteiger partial charge in [0.15, 0.2) is 5.82 Å². The molecule has 0 bridgehead atoms. The summed E-state index contributed by atoms with van der Waals surface area (Å²) in [6.45, 7) is 0. The molecule has 1 aliphatic heterocycles. The van der Waals surface area contributed by atoms with E-state index in [2.05, 4.69) is 120 Å². The van der Waals surface area contributed by atoms with Gasteiger partial charge in [-0.05, 0) is 53.4 Å². The van der Waals surface area contributed by atoms with Crippen molar-refractivity contribution >= 4 is 59.7 Å². The lowest BCUT2D eigenvalue weighted by Crippen LogP contribution is -2.12. The predicted molar refractivity (Wildman–Crippen MR) is 186 cm³/mol. The van der Waals surface area contributed by atoms with Gasteiger partial charge in [0.1, 0.15) is 0 Å². The van der Waals surface area contributed by atoms with Crippen LogP contribution >= 0.6 is 11.3 Å². The first-order valence-electron chi connectivity index (χ1n) is 14.7. The Labute approximate surface area is 259 Å². The molecule has 0 fully saturated rings. The standard InChI is InChI=1S/C40H25N3S/c1-3-11-26(12-4-1)33-25-34(27-13-5-2-6-14-27)42-40(41-33)29-16-9-17-30(23-29)43-22-21-32-38-28(15-10-19-35(38)43)24-37-39(32)31-18-7-8-20-36(31)44-37/h1-25H. The fourth-order valence-electron chi connectivity index (χ4n) is 6.39. The minimum Gasteiger partial charge on any atom is -0.316 e. The Morgan fingerprint density at radius 1 is 0.523 bits per heavy atom. The summed E-state index contributed by atoms with van der Waals surface area (Å²) >= 11 is 1.87. The molecule has 2 aromatic heterocycles. The van der Waals surface area contributed by atoms with Crippen LogP contribution in [0.15, 0.2) is 146 Å². The summed E-state index contributed by atoms with van der Waals surface area (Å²) in [6, 6.07) is 49.0. The highest BCUT2D eigenvalue weighted by Gasteiger charge is 2.21. The van der Waals surface area contributed by atoms with E-state index in [1.165, 1.54) is 42.2 Å². The third-order valence-corrected chi connectivity index (χ3v) is 9.54. The smallest absolute Gasteiger partial charge is 0.160 e. The van der Waals surface area contributed by atoms with Crippen molar-refractivity contribution in [3.8, 4) is 33.9 Å². The largest absolute Gasteiger partial charge is 0.316 e. The van der Waals surface area contributed by atoms with Crippen LogP contribution in [0.5, 0.6) is 0 Å². The van der Waals surface area contributed by atoms with E-state index in [0.717, 1.165) is 33.8 Å². The number of rotatable bonds is 4. The van der Waals surface area contributed by atoms with Crippen LogP contribution in [0.4, 0.5) is 11.4 Å². The number of anilines is 2. The van der Waals surface area contributed by atoms with E-state index in [9.17, 15) is 0 Å². The van der Waals surface area contributed by atoms with Gasteiger partial charge in [-0.15, -0.1) is 11.3 Å². The van der Waals surface area contributed by atoms with Crippen LogP contribution in [0.2, 0.25) is 0 Å². The van der Waals surface area contributed by atoms with Gasteiger partial charge in [0, 0.05) is 54.1 Å². The lowest BCUT2D eigenvalue weighted by Gasteiger charge is -2.27. The Bertz CT molecular complexity index is 2330. The number of aromatic nitrogens is 2. The highest BCUT2D eigenvalue weighted by Crippen LogP contribution is 2.46.